The second-order valence-electron chi connectivity index (χ2n) is 6.22. The van der Waals surface area contributed by atoms with E-state index >= 15 is 0 Å². The summed E-state index contributed by atoms with van der Waals surface area (Å²) in [7, 11) is 0. The van der Waals surface area contributed by atoms with Gasteiger partial charge >= 0.3 is 5.97 Å². The number of aromatic nitrogens is 3. The molecule has 2 heterocycles. The average molecular weight is 313 g/mol. The van der Waals surface area contributed by atoms with Crippen LogP contribution in [0.2, 0.25) is 0 Å². The van der Waals surface area contributed by atoms with Gasteiger partial charge in [0.25, 0.3) is 0 Å². The number of para-hydroxylation sites is 1. The van der Waals surface area contributed by atoms with E-state index in [-0.39, 0.29) is 12.6 Å². The summed E-state index contributed by atoms with van der Waals surface area (Å²) in [5, 5.41) is 11.2. The summed E-state index contributed by atoms with van der Waals surface area (Å²) in [6.45, 7) is 5.23. The molecule has 6 nitrogen and oxygen atoms in total. The van der Waals surface area contributed by atoms with Gasteiger partial charge in [-0.15, -0.1) is 0 Å². The third-order valence-corrected chi connectivity index (χ3v) is 3.51. The first-order valence-electron chi connectivity index (χ1n) is 7.44. The lowest BCUT2D eigenvalue weighted by Crippen LogP contribution is -2.27. The Hall–Kier alpha value is -2.47. The van der Waals surface area contributed by atoms with Gasteiger partial charge in [0.2, 0.25) is 0 Å². The fourth-order valence-corrected chi connectivity index (χ4v) is 2.64. The standard InChI is InChI=1S/C17H19N3O3/c1-11(21)23-9-15-19-14-8-18-13-7-5-4-6-12(13)16(14)20(15)10-17(2,3)22/h4-8,22H,9-10H2,1-3H3. The number of carbonyl (C=O) groups is 1. The van der Waals surface area contributed by atoms with Crippen molar-refractivity contribution in [3.8, 4) is 0 Å². The number of fused-ring (bicyclic) bond motifs is 3. The van der Waals surface area contributed by atoms with Gasteiger partial charge in [-0.25, -0.2) is 4.98 Å². The largest absolute Gasteiger partial charge is 0.458 e. The summed E-state index contributed by atoms with van der Waals surface area (Å²) in [4.78, 5) is 20.1. The highest BCUT2D eigenvalue weighted by molar-refractivity contribution is 6.02. The third kappa shape index (κ3) is 3.17. The van der Waals surface area contributed by atoms with Crippen molar-refractivity contribution in [2.24, 2.45) is 0 Å². The Bertz CT molecular complexity index is 878. The number of nitrogens with zero attached hydrogens (tertiary/aromatic N) is 3. The summed E-state index contributed by atoms with van der Waals surface area (Å²) in [5.74, 6) is 0.227. The average Bonchev–Trinajstić information content (AvgIpc) is 2.81. The number of aliphatic hydroxyl groups is 1. The molecule has 23 heavy (non-hydrogen) atoms. The summed E-state index contributed by atoms with van der Waals surface area (Å²) in [5.41, 5.74) is 1.54. The number of imidazole rings is 1. The minimum atomic E-state index is -0.928. The summed E-state index contributed by atoms with van der Waals surface area (Å²) in [6.07, 6.45) is 1.70. The Labute approximate surface area is 133 Å². The number of esters is 1. The molecular formula is C17H19N3O3. The molecule has 3 aromatic rings. The maximum atomic E-state index is 11.1. The molecule has 0 bridgehead atoms. The van der Waals surface area contributed by atoms with Gasteiger partial charge in [-0.05, 0) is 19.9 Å². The van der Waals surface area contributed by atoms with Gasteiger partial charge in [-0.1, -0.05) is 18.2 Å². The molecule has 0 saturated carbocycles. The van der Waals surface area contributed by atoms with Crippen LogP contribution in [-0.4, -0.2) is 31.2 Å². The molecular weight excluding hydrogens is 294 g/mol. The Morgan fingerprint density at radius 1 is 1.30 bits per heavy atom. The molecule has 0 aliphatic carbocycles. The number of benzene rings is 1. The summed E-state index contributed by atoms with van der Waals surface area (Å²) >= 11 is 0. The van der Waals surface area contributed by atoms with Crippen molar-refractivity contribution in [2.45, 2.75) is 39.5 Å². The maximum absolute atomic E-state index is 11.1. The number of hydrogen-bond donors (Lipinski definition) is 1. The topological polar surface area (TPSA) is 77.2 Å². The van der Waals surface area contributed by atoms with E-state index in [1.54, 1.807) is 20.0 Å². The van der Waals surface area contributed by atoms with Gasteiger partial charge in [-0.2, -0.15) is 0 Å². The molecule has 120 valence electrons. The molecule has 0 aliphatic heterocycles. The summed E-state index contributed by atoms with van der Waals surface area (Å²) < 4.78 is 7.01. The molecule has 0 atom stereocenters. The lowest BCUT2D eigenvalue weighted by atomic mass is 10.1. The third-order valence-electron chi connectivity index (χ3n) is 3.51. The zero-order valence-electron chi connectivity index (χ0n) is 13.4. The molecule has 0 saturated heterocycles. The number of carbonyl (C=O) groups excluding carboxylic acids is 1. The van der Waals surface area contributed by atoms with Gasteiger partial charge in [0, 0.05) is 12.3 Å². The van der Waals surface area contributed by atoms with E-state index in [1.807, 2.05) is 28.8 Å². The smallest absolute Gasteiger partial charge is 0.303 e. The number of hydrogen-bond acceptors (Lipinski definition) is 5. The molecule has 1 N–H and O–H groups in total. The number of ether oxygens (including phenoxy) is 1. The predicted octanol–water partition coefficient (Wildman–Crippen LogP) is 2.42. The van der Waals surface area contributed by atoms with Gasteiger partial charge in [0.05, 0.1) is 29.4 Å². The Morgan fingerprint density at radius 3 is 2.74 bits per heavy atom. The van der Waals surface area contributed by atoms with Crippen LogP contribution < -0.4 is 0 Å². The predicted molar refractivity (Wildman–Crippen MR) is 86.8 cm³/mol. The zero-order valence-corrected chi connectivity index (χ0v) is 13.4. The lowest BCUT2D eigenvalue weighted by molar-refractivity contribution is -0.142. The van der Waals surface area contributed by atoms with Crippen molar-refractivity contribution in [1.82, 2.24) is 14.5 Å². The molecule has 0 fully saturated rings. The van der Waals surface area contributed by atoms with Crippen LogP contribution in [0.4, 0.5) is 0 Å². The highest BCUT2D eigenvalue weighted by Gasteiger charge is 2.21. The van der Waals surface area contributed by atoms with E-state index in [1.165, 1.54) is 6.92 Å². The van der Waals surface area contributed by atoms with Crippen LogP contribution in [-0.2, 0) is 22.7 Å². The van der Waals surface area contributed by atoms with E-state index in [4.69, 9.17) is 4.74 Å². The van der Waals surface area contributed by atoms with E-state index in [9.17, 15) is 9.90 Å². The first kappa shape index (κ1) is 15.4. The first-order valence-corrected chi connectivity index (χ1v) is 7.44. The van der Waals surface area contributed by atoms with Crippen LogP contribution in [0.5, 0.6) is 0 Å². The Kier molecular flexibility index (Phi) is 3.77. The fraction of sp³-hybridized carbons (Fsp3) is 0.353. The van der Waals surface area contributed by atoms with Crippen molar-refractivity contribution in [2.75, 3.05) is 0 Å². The van der Waals surface area contributed by atoms with E-state index < -0.39 is 5.60 Å². The van der Waals surface area contributed by atoms with Crippen LogP contribution in [0.1, 0.15) is 26.6 Å². The maximum Gasteiger partial charge on any atom is 0.303 e. The van der Waals surface area contributed by atoms with E-state index in [0.29, 0.717) is 12.4 Å². The van der Waals surface area contributed by atoms with Crippen LogP contribution in [0.15, 0.2) is 30.5 Å². The lowest BCUT2D eigenvalue weighted by Gasteiger charge is -2.20. The highest BCUT2D eigenvalue weighted by Crippen LogP contribution is 2.26. The molecule has 0 aliphatic rings. The van der Waals surface area contributed by atoms with Gasteiger partial charge in [0.15, 0.2) is 0 Å². The fourth-order valence-electron chi connectivity index (χ4n) is 2.64. The van der Waals surface area contributed by atoms with Crippen molar-refractivity contribution in [1.29, 1.82) is 0 Å². The van der Waals surface area contributed by atoms with E-state index in [0.717, 1.165) is 21.9 Å². The van der Waals surface area contributed by atoms with Crippen LogP contribution in [0, 0.1) is 0 Å². The SMILES string of the molecule is CC(=O)OCc1nc2cnc3ccccc3c2n1CC(C)(C)O. The molecule has 0 radical (unpaired) electrons. The molecule has 3 rings (SSSR count). The molecule has 0 spiro atoms. The van der Waals surface area contributed by atoms with Crippen molar-refractivity contribution < 1.29 is 14.6 Å². The second kappa shape index (κ2) is 5.62. The highest BCUT2D eigenvalue weighted by atomic mass is 16.5. The number of pyridine rings is 1. The van der Waals surface area contributed by atoms with Crippen molar-refractivity contribution in [3.05, 3.63) is 36.3 Å². The van der Waals surface area contributed by atoms with Crippen molar-refractivity contribution in [3.63, 3.8) is 0 Å². The molecule has 0 amide bonds. The first-order chi connectivity index (χ1) is 10.8. The Balaban J connectivity index is 2.23. The normalized spacial score (nSPS) is 12.0. The van der Waals surface area contributed by atoms with Gasteiger partial charge in [-0.3, -0.25) is 9.78 Å². The van der Waals surface area contributed by atoms with Gasteiger partial charge < -0.3 is 14.4 Å². The van der Waals surface area contributed by atoms with Crippen molar-refractivity contribution >= 4 is 27.9 Å². The van der Waals surface area contributed by atoms with Crippen LogP contribution in [0.3, 0.4) is 0 Å². The molecule has 6 heteroatoms. The zero-order chi connectivity index (χ0) is 16.6. The molecule has 1 aromatic carbocycles. The van der Waals surface area contributed by atoms with Gasteiger partial charge in [0.1, 0.15) is 17.9 Å². The van der Waals surface area contributed by atoms with Crippen LogP contribution in [0.25, 0.3) is 21.9 Å². The molecule has 0 unspecified atom stereocenters. The van der Waals surface area contributed by atoms with E-state index in [2.05, 4.69) is 9.97 Å². The summed E-state index contributed by atoms with van der Waals surface area (Å²) in [6, 6.07) is 7.78. The minimum absolute atomic E-state index is 0.0639. The minimum Gasteiger partial charge on any atom is -0.458 e. The monoisotopic (exact) mass is 313 g/mol. The second-order valence-corrected chi connectivity index (χ2v) is 6.22. The quantitative estimate of drug-likeness (QED) is 0.749. The Morgan fingerprint density at radius 2 is 2.04 bits per heavy atom. The molecule has 2 aromatic heterocycles. The van der Waals surface area contributed by atoms with Crippen LogP contribution >= 0.6 is 0 Å². The number of rotatable bonds is 4.